The molecule has 1 fully saturated rings. The lowest BCUT2D eigenvalue weighted by atomic mass is 10.0. The third-order valence-corrected chi connectivity index (χ3v) is 4.16. The summed E-state index contributed by atoms with van der Waals surface area (Å²) in [6, 6.07) is 7.42. The van der Waals surface area contributed by atoms with E-state index in [4.69, 9.17) is 0 Å². The number of carbonyl (C=O) groups excluding carboxylic acids is 1. The fraction of sp³-hybridized carbons (Fsp3) is 0.467. The molecule has 12 heteroatoms. The standard InChI is InChI=1S/C15H17N3O9/c19-14(16-11(15(20)21)6-9-4-2-1-3-5-9)10-7-12(26-17(22)23)13(8-10)27-18(24)25/h1-5,10-13H,6-8H2,(H,16,19)(H,20,21)/t10?,11-,12-,13+/m1/s1. The average molecular weight is 383 g/mol. The van der Waals surface area contributed by atoms with Crippen molar-refractivity contribution in [2.24, 2.45) is 5.92 Å². The summed E-state index contributed by atoms with van der Waals surface area (Å²) in [7, 11) is 0. The summed E-state index contributed by atoms with van der Waals surface area (Å²) in [5, 5.41) is 30.5. The number of nitrogens with one attached hydrogen (secondary N) is 1. The van der Waals surface area contributed by atoms with Crippen molar-refractivity contribution in [3.8, 4) is 0 Å². The topological polar surface area (TPSA) is 171 Å². The fourth-order valence-electron chi connectivity index (χ4n) is 2.96. The predicted molar refractivity (Wildman–Crippen MR) is 86.2 cm³/mol. The van der Waals surface area contributed by atoms with Crippen LogP contribution in [-0.2, 0) is 25.7 Å². The lowest BCUT2D eigenvalue weighted by molar-refractivity contribution is -0.797. The summed E-state index contributed by atoms with van der Waals surface area (Å²) in [4.78, 5) is 53.5. The van der Waals surface area contributed by atoms with Crippen LogP contribution in [0.5, 0.6) is 0 Å². The normalized spacial score (nSPS) is 22.4. The minimum absolute atomic E-state index is 0.0400. The van der Waals surface area contributed by atoms with Gasteiger partial charge in [-0.25, -0.2) is 4.79 Å². The van der Waals surface area contributed by atoms with Gasteiger partial charge in [0.1, 0.15) is 18.2 Å². The monoisotopic (exact) mass is 383 g/mol. The summed E-state index contributed by atoms with van der Waals surface area (Å²) >= 11 is 0. The molecule has 27 heavy (non-hydrogen) atoms. The molecular weight excluding hydrogens is 366 g/mol. The van der Waals surface area contributed by atoms with Gasteiger partial charge < -0.3 is 20.1 Å². The second-order valence-electron chi connectivity index (χ2n) is 5.99. The second-order valence-corrected chi connectivity index (χ2v) is 5.99. The first-order chi connectivity index (χ1) is 12.8. The predicted octanol–water partition coefficient (Wildman–Crippen LogP) is 0.362. The van der Waals surface area contributed by atoms with E-state index in [-0.39, 0.29) is 19.3 Å². The van der Waals surface area contributed by atoms with Crippen molar-refractivity contribution in [3.05, 3.63) is 56.1 Å². The Morgan fingerprint density at radius 3 is 2.07 bits per heavy atom. The van der Waals surface area contributed by atoms with E-state index in [1.54, 1.807) is 30.3 Å². The zero-order valence-electron chi connectivity index (χ0n) is 13.9. The molecule has 2 rings (SSSR count). The number of rotatable bonds is 9. The molecule has 1 aromatic carbocycles. The third kappa shape index (κ3) is 5.80. The number of carboxylic acids is 1. The first kappa shape index (κ1) is 19.9. The van der Waals surface area contributed by atoms with Crippen molar-refractivity contribution in [2.45, 2.75) is 37.5 Å². The third-order valence-electron chi connectivity index (χ3n) is 4.16. The highest BCUT2D eigenvalue weighted by Gasteiger charge is 2.43. The van der Waals surface area contributed by atoms with Crippen LogP contribution in [0.2, 0.25) is 0 Å². The molecule has 1 amide bonds. The van der Waals surface area contributed by atoms with E-state index in [0.717, 1.165) is 0 Å². The van der Waals surface area contributed by atoms with Gasteiger partial charge in [-0.3, -0.25) is 4.79 Å². The van der Waals surface area contributed by atoms with E-state index in [0.29, 0.717) is 5.56 Å². The molecule has 1 aliphatic rings. The molecule has 0 aromatic heterocycles. The second kappa shape index (κ2) is 8.78. The van der Waals surface area contributed by atoms with Gasteiger partial charge >= 0.3 is 5.97 Å². The van der Waals surface area contributed by atoms with E-state index in [1.807, 2.05) is 0 Å². The Bertz CT molecular complexity index is 688. The van der Waals surface area contributed by atoms with Crippen molar-refractivity contribution in [2.75, 3.05) is 0 Å². The molecule has 0 aliphatic heterocycles. The van der Waals surface area contributed by atoms with Gasteiger partial charge in [-0.1, -0.05) is 30.3 Å². The van der Waals surface area contributed by atoms with Crippen LogP contribution in [0.4, 0.5) is 0 Å². The lowest BCUT2D eigenvalue weighted by Gasteiger charge is -2.17. The van der Waals surface area contributed by atoms with Gasteiger partial charge in [0.2, 0.25) is 5.91 Å². The van der Waals surface area contributed by atoms with Gasteiger partial charge in [-0.15, -0.1) is 20.2 Å². The van der Waals surface area contributed by atoms with Crippen molar-refractivity contribution in [1.82, 2.24) is 5.32 Å². The summed E-state index contributed by atoms with van der Waals surface area (Å²) in [5.74, 6) is -2.86. The molecule has 0 heterocycles. The van der Waals surface area contributed by atoms with Crippen LogP contribution in [0.15, 0.2) is 30.3 Å². The number of amides is 1. The first-order valence-corrected chi connectivity index (χ1v) is 7.95. The summed E-state index contributed by atoms with van der Waals surface area (Å²) in [5.41, 5.74) is 0.695. The highest BCUT2D eigenvalue weighted by atomic mass is 17.0. The molecule has 1 unspecified atom stereocenters. The van der Waals surface area contributed by atoms with Gasteiger partial charge in [0.15, 0.2) is 0 Å². The maximum atomic E-state index is 12.4. The molecule has 2 N–H and O–H groups in total. The van der Waals surface area contributed by atoms with Gasteiger partial charge in [0.25, 0.3) is 10.2 Å². The van der Waals surface area contributed by atoms with Crippen molar-refractivity contribution < 1.29 is 34.5 Å². The molecule has 12 nitrogen and oxygen atoms in total. The van der Waals surface area contributed by atoms with Gasteiger partial charge in [-0.2, -0.15) is 0 Å². The number of hydrogen-bond acceptors (Lipinski definition) is 8. The largest absolute Gasteiger partial charge is 0.480 e. The Balaban J connectivity index is 2.03. The smallest absolute Gasteiger partial charge is 0.326 e. The molecule has 146 valence electrons. The van der Waals surface area contributed by atoms with Crippen LogP contribution in [0.25, 0.3) is 0 Å². The molecule has 0 radical (unpaired) electrons. The highest BCUT2D eigenvalue weighted by molar-refractivity contribution is 5.85. The Hall–Kier alpha value is -3.44. The lowest BCUT2D eigenvalue weighted by Crippen LogP contribution is -2.44. The van der Waals surface area contributed by atoms with Crippen LogP contribution < -0.4 is 5.32 Å². The molecule has 0 spiro atoms. The van der Waals surface area contributed by atoms with Crippen LogP contribution in [0.3, 0.4) is 0 Å². The van der Waals surface area contributed by atoms with Gasteiger partial charge in [0.05, 0.1) is 0 Å². The maximum Gasteiger partial charge on any atom is 0.326 e. The van der Waals surface area contributed by atoms with Gasteiger partial charge in [0, 0.05) is 12.3 Å². The zero-order valence-corrected chi connectivity index (χ0v) is 13.9. The Morgan fingerprint density at radius 1 is 1.11 bits per heavy atom. The van der Waals surface area contributed by atoms with Crippen molar-refractivity contribution in [1.29, 1.82) is 0 Å². The number of nitrogens with zero attached hydrogens (tertiary/aromatic N) is 2. The molecule has 1 aromatic rings. The quantitative estimate of drug-likeness (QED) is 0.451. The van der Waals surface area contributed by atoms with Crippen LogP contribution >= 0.6 is 0 Å². The number of benzene rings is 1. The van der Waals surface area contributed by atoms with Crippen molar-refractivity contribution in [3.63, 3.8) is 0 Å². The van der Waals surface area contributed by atoms with Crippen LogP contribution in [-0.4, -0.2) is 45.4 Å². The van der Waals surface area contributed by atoms with Crippen LogP contribution in [0, 0.1) is 26.1 Å². The number of aliphatic carboxylic acids is 1. The SMILES string of the molecule is O=C(N[C@H](Cc1ccccc1)C(=O)O)C1C[C@H](O[N+](=O)[O-])[C@H](O[N+](=O)[O-])C1. The molecule has 0 saturated heterocycles. The molecule has 1 aliphatic carbocycles. The first-order valence-electron chi connectivity index (χ1n) is 7.95. The number of carbonyl (C=O) groups is 2. The van der Waals surface area contributed by atoms with E-state index >= 15 is 0 Å². The Morgan fingerprint density at radius 2 is 1.63 bits per heavy atom. The van der Waals surface area contributed by atoms with Crippen molar-refractivity contribution >= 4 is 11.9 Å². The van der Waals surface area contributed by atoms with Gasteiger partial charge in [-0.05, 0) is 18.4 Å². The van der Waals surface area contributed by atoms with E-state index in [2.05, 4.69) is 15.0 Å². The molecule has 1 saturated carbocycles. The van der Waals surface area contributed by atoms with E-state index in [9.17, 15) is 34.9 Å². The fourth-order valence-corrected chi connectivity index (χ4v) is 2.96. The molecule has 0 bridgehead atoms. The average Bonchev–Trinajstić information content (AvgIpc) is 2.96. The molecule has 4 atom stereocenters. The molecular formula is C15H17N3O9. The number of hydrogen-bond donors (Lipinski definition) is 2. The minimum Gasteiger partial charge on any atom is -0.480 e. The van der Waals surface area contributed by atoms with E-state index in [1.165, 1.54) is 0 Å². The summed E-state index contributed by atoms with van der Waals surface area (Å²) in [6.45, 7) is 0. The number of carboxylic acid groups (broad SMARTS) is 1. The summed E-state index contributed by atoms with van der Waals surface area (Å²) in [6.07, 6.45) is -2.96. The van der Waals surface area contributed by atoms with E-state index < -0.39 is 46.2 Å². The zero-order chi connectivity index (χ0) is 20.0. The maximum absolute atomic E-state index is 12.4. The highest BCUT2D eigenvalue weighted by Crippen LogP contribution is 2.31. The Labute approximate surface area is 152 Å². The minimum atomic E-state index is -1.29. The summed E-state index contributed by atoms with van der Waals surface area (Å²) < 4.78 is 0. The Kier molecular flexibility index (Phi) is 6.46. The van der Waals surface area contributed by atoms with Crippen LogP contribution in [0.1, 0.15) is 18.4 Å².